The van der Waals surface area contributed by atoms with E-state index >= 15 is 0 Å². The van der Waals surface area contributed by atoms with Gasteiger partial charge < -0.3 is 16.6 Å². The van der Waals surface area contributed by atoms with E-state index < -0.39 is 22.0 Å². The predicted octanol–water partition coefficient (Wildman–Crippen LogP) is 1.39. The number of rotatable bonds is 14. The first-order valence-corrected chi connectivity index (χ1v) is 11.2. The molecule has 1 atom stereocenters. The van der Waals surface area contributed by atoms with Crippen LogP contribution in [0.15, 0.2) is 29.3 Å². The fraction of sp³-hybridized carbons (Fsp3) is 0.579. The Balaban J connectivity index is 2.52. The van der Waals surface area contributed by atoms with Crippen molar-refractivity contribution in [2.45, 2.75) is 57.9 Å². The number of carboxylic acid groups (broad SMARTS) is 1. The summed E-state index contributed by atoms with van der Waals surface area (Å²) in [5, 5.41) is 9.35. The number of carbonyl (C=O) groups is 1. The molecule has 0 aliphatic heterocycles. The highest BCUT2D eigenvalue weighted by Gasteiger charge is 2.23. The van der Waals surface area contributed by atoms with Crippen LogP contribution in [0.4, 0.5) is 0 Å². The van der Waals surface area contributed by atoms with Crippen LogP contribution in [0.3, 0.4) is 0 Å². The quantitative estimate of drug-likeness (QED) is 0.206. The lowest BCUT2D eigenvalue weighted by Gasteiger charge is -2.15. The molecule has 1 aromatic rings. The van der Waals surface area contributed by atoms with Crippen molar-refractivity contribution in [1.82, 2.24) is 4.72 Å². The second-order valence-electron chi connectivity index (χ2n) is 6.82. The number of nitrogens with zero attached hydrogens (tertiary/aromatic N) is 1. The van der Waals surface area contributed by atoms with Crippen LogP contribution in [0.5, 0.6) is 0 Å². The number of aryl methyl sites for hydroxylation is 1. The smallest absolute Gasteiger partial charge is 0.322 e. The van der Waals surface area contributed by atoms with Crippen LogP contribution in [-0.2, 0) is 27.7 Å². The van der Waals surface area contributed by atoms with Gasteiger partial charge in [0.2, 0.25) is 10.0 Å². The summed E-state index contributed by atoms with van der Waals surface area (Å²) in [6.45, 7) is 2.52. The molecule has 0 saturated carbocycles. The third-order valence-electron chi connectivity index (χ3n) is 4.27. The van der Waals surface area contributed by atoms with Gasteiger partial charge in [0.1, 0.15) is 6.04 Å². The van der Waals surface area contributed by atoms with E-state index in [1.165, 1.54) is 0 Å². The first-order valence-electron chi connectivity index (χ1n) is 9.59. The Morgan fingerprint density at radius 1 is 1.11 bits per heavy atom. The molecule has 0 aromatic heterocycles. The van der Waals surface area contributed by atoms with Gasteiger partial charge in [-0.1, -0.05) is 44.0 Å². The second kappa shape index (κ2) is 12.4. The lowest BCUT2D eigenvalue weighted by atomic mass is 10.0. The Hall–Kier alpha value is -2.13. The molecule has 1 aromatic carbocycles. The lowest BCUT2D eigenvalue weighted by Crippen LogP contribution is -2.43. The zero-order chi connectivity index (χ0) is 21.0. The maximum absolute atomic E-state index is 12.0. The summed E-state index contributed by atoms with van der Waals surface area (Å²) in [5.41, 5.74) is 12.5. The van der Waals surface area contributed by atoms with Gasteiger partial charge in [-0.25, -0.2) is 13.1 Å². The lowest BCUT2D eigenvalue weighted by molar-refractivity contribution is -0.138. The maximum Gasteiger partial charge on any atom is 0.322 e. The van der Waals surface area contributed by atoms with E-state index in [4.69, 9.17) is 11.5 Å². The zero-order valence-corrected chi connectivity index (χ0v) is 17.2. The summed E-state index contributed by atoms with van der Waals surface area (Å²) in [6.07, 6.45) is 5.20. The van der Waals surface area contributed by atoms with Gasteiger partial charge in [0.15, 0.2) is 5.96 Å². The standard InChI is InChI=1S/C19H32N4O4S/c1-2-3-13-28(26,27)23-17(18(24)25)14-16-10-8-15(9-11-16)7-5-4-6-12-22-19(20)21/h8-11,17,23H,2-7,12-14H2,1H3,(H,24,25)(H4,20,21,22). The van der Waals surface area contributed by atoms with E-state index in [0.29, 0.717) is 13.0 Å². The summed E-state index contributed by atoms with van der Waals surface area (Å²) >= 11 is 0. The Labute approximate surface area is 167 Å². The summed E-state index contributed by atoms with van der Waals surface area (Å²) in [7, 11) is -3.60. The van der Waals surface area contributed by atoms with E-state index in [9.17, 15) is 18.3 Å². The SMILES string of the molecule is CCCCS(=O)(=O)NC(Cc1ccc(CCCCCN=C(N)N)cc1)C(=O)O. The van der Waals surface area contributed by atoms with Crippen molar-refractivity contribution in [1.29, 1.82) is 0 Å². The van der Waals surface area contributed by atoms with Crippen LogP contribution >= 0.6 is 0 Å². The zero-order valence-electron chi connectivity index (χ0n) is 16.4. The molecule has 8 nitrogen and oxygen atoms in total. The summed E-state index contributed by atoms with van der Waals surface area (Å²) in [4.78, 5) is 15.4. The number of aliphatic carboxylic acids is 1. The van der Waals surface area contributed by atoms with Gasteiger partial charge in [0.25, 0.3) is 0 Å². The minimum Gasteiger partial charge on any atom is -0.480 e. The molecule has 0 amide bonds. The first kappa shape index (κ1) is 23.9. The fourth-order valence-corrected chi connectivity index (χ4v) is 4.10. The van der Waals surface area contributed by atoms with E-state index in [1.807, 2.05) is 31.2 Å². The number of aliphatic imine (C=N–C) groups is 1. The molecule has 6 N–H and O–H groups in total. The van der Waals surface area contributed by atoms with Crippen molar-refractivity contribution in [3.05, 3.63) is 35.4 Å². The fourth-order valence-electron chi connectivity index (χ4n) is 2.69. The molecule has 0 fully saturated rings. The molecule has 28 heavy (non-hydrogen) atoms. The molecule has 0 radical (unpaired) electrons. The average molecular weight is 413 g/mol. The van der Waals surface area contributed by atoms with Crippen molar-refractivity contribution in [2.24, 2.45) is 16.5 Å². The van der Waals surface area contributed by atoms with Crippen molar-refractivity contribution in [3.63, 3.8) is 0 Å². The third kappa shape index (κ3) is 10.3. The summed E-state index contributed by atoms with van der Waals surface area (Å²) in [6, 6.07) is 6.45. The van der Waals surface area contributed by atoms with Crippen LogP contribution in [0.2, 0.25) is 0 Å². The number of hydrogen-bond donors (Lipinski definition) is 4. The van der Waals surface area contributed by atoms with E-state index in [0.717, 1.165) is 43.2 Å². The molecule has 9 heteroatoms. The van der Waals surface area contributed by atoms with E-state index in [2.05, 4.69) is 9.71 Å². The number of nitrogens with two attached hydrogens (primary N) is 2. The van der Waals surface area contributed by atoms with Crippen molar-refractivity contribution < 1.29 is 18.3 Å². The molecule has 0 saturated heterocycles. The maximum atomic E-state index is 12.0. The molecule has 158 valence electrons. The Kier molecular flexibility index (Phi) is 10.5. The molecule has 0 aliphatic rings. The van der Waals surface area contributed by atoms with Gasteiger partial charge in [0, 0.05) is 6.54 Å². The topological polar surface area (TPSA) is 148 Å². The number of unbranched alkanes of at least 4 members (excludes halogenated alkanes) is 3. The predicted molar refractivity (Wildman–Crippen MR) is 112 cm³/mol. The Bertz CT molecular complexity index is 729. The number of nitrogens with one attached hydrogen (secondary N) is 1. The monoisotopic (exact) mass is 412 g/mol. The largest absolute Gasteiger partial charge is 0.480 e. The second-order valence-corrected chi connectivity index (χ2v) is 8.69. The van der Waals surface area contributed by atoms with E-state index in [-0.39, 0.29) is 18.1 Å². The number of carboxylic acids is 1. The Morgan fingerprint density at radius 2 is 1.75 bits per heavy atom. The summed E-state index contributed by atoms with van der Waals surface area (Å²) in [5.74, 6) is -1.12. The van der Waals surface area contributed by atoms with Gasteiger partial charge >= 0.3 is 5.97 Å². The molecular weight excluding hydrogens is 380 g/mol. The van der Waals surface area contributed by atoms with E-state index in [1.54, 1.807) is 0 Å². The number of sulfonamides is 1. The molecule has 0 bridgehead atoms. The van der Waals surface area contributed by atoms with Crippen LogP contribution in [0.25, 0.3) is 0 Å². The van der Waals surface area contributed by atoms with Crippen LogP contribution in [0.1, 0.15) is 50.2 Å². The normalized spacial score (nSPS) is 12.5. The van der Waals surface area contributed by atoms with Crippen LogP contribution < -0.4 is 16.2 Å². The highest BCUT2D eigenvalue weighted by molar-refractivity contribution is 7.89. The van der Waals surface area contributed by atoms with Crippen molar-refractivity contribution in [3.8, 4) is 0 Å². The van der Waals surface area contributed by atoms with Gasteiger partial charge in [-0.2, -0.15) is 0 Å². The minimum atomic E-state index is -3.60. The highest BCUT2D eigenvalue weighted by Crippen LogP contribution is 2.11. The van der Waals surface area contributed by atoms with Gasteiger partial charge in [-0.05, 0) is 43.2 Å². The van der Waals surface area contributed by atoms with Crippen molar-refractivity contribution >= 4 is 22.0 Å². The average Bonchev–Trinajstić information content (AvgIpc) is 2.63. The summed E-state index contributed by atoms with van der Waals surface area (Å²) < 4.78 is 26.3. The molecule has 0 aliphatic carbocycles. The minimum absolute atomic E-state index is 0.0601. The van der Waals surface area contributed by atoms with Crippen LogP contribution in [0, 0.1) is 0 Å². The highest BCUT2D eigenvalue weighted by atomic mass is 32.2. The molecule has 1 rings (SSSR count). The number of hydrogen-bond acceptors (Lipinski definition) is 4. The van der Waals surface area contributed by atoms with Gasteiger partial charge in [0.05, 0.1) is 5.75 Å². The molecule has 1 unspecified atom stereocenters. The number of guanidine groups is 1. The van der Waals surface area contributed by atoms with Crippen molar-refractivity contribution in [2.75, 3.05) is 12.3 Å². The van der Waals surface area contributed by atoms with Gasteiger partial charge in [-0.15, -0.1) is 0 Å². The molecular formula is C19H32N4O4S. The number of benzene rings is 1. The molecule has 0 spiro atoms. The third-order valence-corrected chi connectivity index (χ3v) is 5.74. The van der Waals surface area contributed by atoms with Crippen LogP contribution in [-0.4, -0.2) is 43.8 Å². The molecule has 0 heterocycles. The Morgan fingerprint density at radius 3 is 2.32 bits per heavy atom. The van der Waals surface area contributed by atoms with Gasteiger partial charge in [-0.3, -0.25) is 9.79 Å². The first-order chi connectivity index (χ1) is 13.2.